The summed E-state index contributed by atoms with van der Waals surface area (Å²) in [5.41, 5.74) is 5.74. The van der Waals surface area contributed by atoms with Gasteiger partial charge in [0, 0.05) is 19.6 Å². The van der Waals surface area contributed by atoms with E-state index in [1.165, 1.54) is 0 Å². The van der Waals surface area contributed by atoms with E-state index in [2.05, 4.69) is 10.1 Å². The minimum Gasteiger partial charge on any atom is -0.396 e. The molecule has 0 aromatic carbocycles. The monoisotopic (exact) mass is 227 g/mol. The van der Waals surface area contributed by atoms with Crippen LogP contribution in [0.15, 0.2) is 4.52 Å². The summed E-state index contributed by atoms with van der Waals surface area (Å²) in [5, 5.41) is 12.6. The van der Waals surface area contributed by atoms with Gasteiger partial charge in [-0.2, -0.15) is 4.98 Å². The van der Waals surface area contributed by atoms with Crippen LogP contribution < -0.4 is 5.73 Å². The minimum absolute atomic E-state index is 0.0185. The third kappa shape index (κ3) is 2.78. The predicted molar refractivity (Wildman–Crippen MR) is 55.6 cm³/mol. The molecule has 6 heteroatoms. The second kappa shape index (κ2) is 5.38. The molecule has 0 radical (unpaired) electrons. The van der Waals surface area contributed by atoms with E-state index >= 15 is 0 Å². The van der Waals surface area contributed by atoms with Gasteiger partial charge in [-0.3, -0.25) is 0 Å². The fourth-order valence-corrected chi connectivity index (χ4v) is 1.77. The smallest absolute Gasteiger partial charge is 0.243 e. The maximum absolute atomic E-state index is 8.74. The van der Waals surface area contributed by atoms with Crippen LogP contribution in [-0.4, -0.2) is 34.6 Å². The molecule has 0 saturated carbocycles. The van der Waals surface area contributed by atoms with Gasteiger partial charge in [0.25, 0.3) is 0 Å². The first-order valence-electron chi connectivity index (χ1n) is 5.60. The topological polar surface area (TPSA) is 94.4 Å². The Morgan fingerprint density at radius 1 is 1.56 bits per heavy atom. The van der Waals surface area contributed by atoms with E-state index < -0.39 is 0 Å². The van der Waals surface area contributed by atoms with E-state index in [1.54, 1.807) is 0 Å². The lowest BCUT2D eigenvalue weighted by atomic mass is 10.2. The second-order valence-corrected chi connectivity index (χ2v) is 4.01. The molecular weight excluding hydrogens is 210 g/mol. The average Bonchev–Trinajstić information content (AvgIpc) is 2.90. The predicted octanol–water partition coefficient (Wildman–Crippen LogP) is 0.173. The Bertz CT molecular complexity index is 323. The van der Waals surface area contributed by atoms with E-state index in [0.717, 1.165) is 19.4 Å². The maximum atomic E-state index is 8.74. The standard InChI is InChI=1S/C10H17N3O3/c11-8(3-4-14)10-12-9(13-16-10)6-7-2-1-5-15-7/h7-8,14H,1-6,11H2. The highest BCUT2D eigenvalue weighted by atomic mass is 16.5. The van der Waals surface area contributed by atoms with Crippen molar-refractivity contribution in [2.45, 2.75) is 37.8 Å². The fourth-order valence-electron chi connectivity index (χ4n) is 1.77. The van der Waals surface area contributed by atoms with Crippen molar-refractivity contribution < 1.29 is 14.4 Å². The molecule has 3 N–H and O–H groups in total. The number of nitrogens with two attached hydrogens (primary N) is 1. The van der Waals surface area contributed by atoms with Crippen LogP contribution in [-0.2, 0) is 11.2 Å². The number of aliphatic hydroxyl groups is 1. The highest BCUT2D eigenvalue weighted by Crippen LogP contribution is 2.17. The molecule has 2 heterocycles. The molecule has 6 nitrogen and oxygen atoms in total. The van der Waals surface area contributed by atoms with Crippen molar-refractivity contribution in [3.8, 4) is 0 Å². The number of aliphatic hydroxyl groups excluding tert-OH is 1. The minimum atomic E-state index is -0.379. The first kappa shape index (κ1) is 11.5. The highest BCUT2D eigenvalue weighted by molar-refractivity contribution is 4.93. The number of hydrogen-bond acceptors (Lipinski definition) is 6. The summed E-state index contributed by atoms with van der Waals surface area (Å²) in [6.07, 6.45) is 3.46. The van der Waals surface area contributed by atoms with Crippen LogP contribution >= 0.6 is 0 Å². The molecule has 1 fully saturated rings. The van der Waals surface area contributed by atoms with Gasteiger partial charge < -0.3 is 20.1 Å². The molecule has 16 heavy (non-hydrogen) atoms. The first-order valence-corrected chi connectivity index (χ1v) is 5.60. The van der Waals surface area contributed by atoms with Crippen LogP contribution in [0.3, 0.4) is 0 Å². The maximum Gasteiger partial charge on any atom is 0.243 e. The van der Waals surface area contributed by atoms with E-state index in [0.29, 0.717) is 24.6 Å². The van der Waals surface area contributed by atoms with Crippen LogP contribution in [0.4, 0.5) is 0 Å². The summed E-state index contributed by atoms with van der Waals surface area (Å²) in [4.78, 5) is 4.20. The van der Waals surface area contributed by atoms with Crippen molar-refractivity contribution in [3.05, 3.63) is 11.7 Å². The Kier molecular flexibility index (Phi) is 3.87. The average molecular weight is 227 g/mol. The number of nitrogens with zero attached hydrogens (tertiary/aromatic N) is 2. The third-order valence-corrected chi connectivity index (χ3v) is 2.68. The molecule has 1 aromatic rings. The largest absolute Gasteiger partial charge is 0.396 e. The van der Waals surface area contributed by atoms with E-state index in [-0.39, 0.29) is 18.8 Å². The van der Waals surface area contributed by atoms with Gasteiger partial charge in [-0.05, 0) is 19.3 Å². The molecule has 1 aromatic heterocycles. The van der Waals surface area contributed by atoms with E-state index in [9.17, 15) is 0 Å². The summed E-state index contributed by atoms with van der Waals surface area (Å²) in [6, 6.07) is -0.379. The van der Waals surface area contributed by atoms with Crippen LogP contribution in [0, 0.1) is 0 Å². The fraction of sp³-hybridized carbons (Fsp3) is 0.800. The summed E-state index contributed by atoms with van der Waals surface area (Å²) in [5.74, 6) is 1.03. The van der Waals surface area contributed by atoms with Crippen molar-refractivity contribution in [2.75, 3.05) is 13.2 Å². The molecular formula is C10H17N3O3. The number of rotatable bonds is 5. The highest BCUT2D eigenvalue weighted by Gasteiger charge is 2.20. The van der Waals surface area contributed by atoms with Gasteiger partial charge in [-0.25, -0.2) is 0 Å². The number of aromatic nitrogens is 2. The zero-order chi connectivity index (χ0) is 11.4. The van der Waals surface area contributed by atoms with E-state index in [4.69, 9.17) is 20.1 Å². The Balaban J connectivity index is 1.90. The zero-order valence-electron chi connectivity index (χ0n) is 9.13. The SMILES string of the molecule is NC(CCO)c1nc(CC2CCCO2)no1. The van der Waals surface area contributed by atoms with Crippen molar-refractivity contribution in [3.63, 3.8) is 0 Å². The zero-order valence-corrected chi connectivity index (χ0v) is 9.13. The second-order valence-electron chi connectivity index (χ2n) is 4.01. The quantitative estimate of drug-likeness (QED) is 0.744. The van der Waals surface area contributed by atoms with Crippen LogP contribution in [0.1, 0.15) is 37.0 Å². The molecule has 2 atom stereocenters. The van der Waals surface area contributed by atoms with Crippen LogP contribution in [0.5, 0.6) is 0 Å². The lowest BCUT2D eigenvalue weighted by Gasteiger charge is -2.04. The molecule has 1 saturated heterocycles. The van der Waals surface area contributed by atoms with Crippen molar-refractivity contribution >= 4 is 0 Å². The van der Waals surface area contributed by atoms with Gasteiger partial charge in [0.2, 0.25) is 5.89 Å². The van der Waals surface area contributed by atoms with E-state index in [1.807, 2.05) is 0 Å². The van der Waals surface area contributed by atoms with Crippen LogP contribution in [0.2, 0.25) is 0 Å². The number of ether oxygens (including phenoxy) is 1. The molecule has 2 unspecified atom stereocenters. The molecule has 1 aliphatic heterocycles. The molecule has 0 aliphatic carbocycles. The normalized spacial score (nSPS) is 22.5. The van der Waals surface area contributed by atoms with Gasteiger partial charge >= 0.3 is 0 Å². The molecule has 0 bridgehead atoms. The summed E-state index contributed by atoms with van der Waals surface area (Å²) < 4.78 is 10.5. The van der Waals surface area contributed by atoms with Gasteiger partial charge in [0.05, 0.1) is 12.1 Å². The summed E-state index contributed by atoms with van der Waals surface area (Å²) in [7, 11) is 0. The Morgan fingerprint density at radius 2 is 2.44 bits per heavy atom. The Labute approximate surface area is 93.8 Å². The third-order valence-electron chi connectivity index (χ3n) is 2.68. The lowest BCUT2D eigenvalue weighted by molar-refractivity contribution is 0.109. The number of hydrogen-bond donors (Lipinski definition) is 2. The summed E-state index contributed by atoms with van der Waals surface area (Å²) >= 11 is 0. The lowest BCUT2D eigenvalue weighted by Crippen LogP contribution is -2.13. The van der Waals surface area contributed by atoms with Gasteiger partial charge in [0.15, 0.2) is 5.82 Å². The van der Waals surface area contributed by atoms with Gasteiger partial charge in [-0.15, -0.1) is 0 Å². The first-order chi connectivity index (χ1) is 7.79. The molecule has 0 spiro atoms. The molecule has 2 rings (SSSR count). The molecule has 1 aliphatic rings. The van der Waals surface area contributed by atoms with Gasteiger partial charge in [0.1, 0.15) is 0 Å². The Morgan fingerprint density at radius 3 is 3.12 bits per heavy atom. The van der Waals surface area contributed by atoms with Crippen molar-refractivity contribution in [1.29, 1.82) is 0 Å². The Hall–Kier alpha value is -0.980. The van der Waals surface area contributed by atoms with Crippen molar-refractivity contribution in [1.82, 2.24) is 10.1 Å². The van der Waals surface area contributed by atoms with Crippen molar-refractivity contribution in [2.24, 2.45) is 5.73 Å². The molecule has 0 amide bonds. The van der Waals surface area contributed by atoms with Gasteiger partial charge in [-0.1, -0.05) is 5.16 Å². The van der Waals surface area contributed by atoms with Crippen LogP contribution in [0.25, 0.3) is 0 Å². The molecule has 90 valence electrons. The summed E-state index contributed by atoms with van der Waals surface area (Å²) in [6.45, 7) is 0.837.